The minimum atomic E-state index is -0.464. The number of aliphatic hydroxyl groups excluding tert-OH is 1. The van der Waals surface area contributed by atoms with Crippen molar-refractivity contribution >= 4 is 5.91 Å². The van der Waals surface area contributed by atoms with Crippen molar-refractivity contribution in [2.24, 2.45) is 7.05 Å². The summed E-state index contributed by atoms with van der Waals surface area (Å²) < 4.78 is 1.84. The van der Waals surface area contributed by atoms with Gasteiger partial charge < -0.3 is 14.6 Å². The quantitative estimate of drug-likeness (QED) is 0.946. The second-order valence-electron chi connectivity index (χ2n) is 6.47. The maximum Gasteiger partial charge on any atom is 0.270 e. The number of aryl methyl sites for hydroxylation is 2. The van der Waals surface area contributed by atoms with Gasteiger partial charge in [-0.25, -0.2) is 0 Å². The Morgan fingerprint density at radius 1 is 1.26 bits per heavy atom. The lowest BCUT2D eigenvalue weighted by Crippen LogP contribution is -2.52. The van der Waals surface area contributed by atoms with Crippen LogP contribution >= 0.6 is 0 Å². The van der Waals surface area contributed by atoms with Gasteiger partial charge in [0.1, 0.15) is 5.69 Å². The van der Waals surface area contributed by atoms with Crippen LogP contribution in [-0.4, -0.2) is 39.2 Å². The minimum absolute atomic E-state index is 0.00774. The maximum absolute atomic E-state index is 12.9. The van der Waals surface area contributed by atoms with Crippen molar-refractivity contribution in [3.63, 3.8) is 0 Å². The van der Waals surface area contributed by atoms with E-state index in [0.717, 1.165) is 18.4 Å². The molecule has 2 heterocycles. The predicted molar refractivity (Wildman–Crippen MR) is 90.4 cm³/mol. The number of likely N-dealkylation sites (tertiary alicyclic amines) is 1. The van der Waals surface area contributed by atoms with Gasteiger partial charge in [-0.2, -0.15) is 0 Å². The number of aliphatic hydroxyl groups is 1. The van der Waals surface area contributed by atoms with Gasteiger partial charge in [-0.3, -0.25) is 4.79 Å². The molecule has 1 fully saturated rings. The zero-order chi connectivity index (χ0) is 16.4. The summed E-state index contributed by atoms with van der Waals surface area (Å²) in [6.45, 7) is 2.77. The Hall–Kier alpha value is -2.07. The van der Waals surface area contributed by atoms with E-state index in [2.05, 4.69) is 31.2 Å². The van der Waals surface area contributed by atoms with Crippen LogP contribution in [0.2, 0.25) is 0 Å². The van der Waals surface area contributed by atoms with Crippen molar-refractivity contribution in [2.45, 2.75) is 38.3 Å². The Morgan fingerprint density at radius 2 is 2.00 bits per heavy atom. The molecule has 0 saturated carbocycles. The van der Waals surface area contributed by atoms with E-state index < -0.39 is 6.10 Å². The first-order valence-electron chi connectivity index (χ1n) is 8.22. The Morgan fingerprint density at radius 3 is 2.65 bits per heavy atom. The number of hydrogen-bond donors (Lipinski definition) is 1. The Labute approximate surface area is 137 Å². The lowest BCUT2D eigenvalue weighted by molar-refractivity contribution is 0.0113. The predicted octanol–water partition coefficient (Wildman–Crippen LogP) is 2.54. The van der Waals surface area contributed by atoms with Gasteiger partial charge in [0.15, 0.2) is 0 Å². The van der Waals surface area contributed by atoms with Gasteiger partial charge in [-0.15, -0.1) is 0 Å². The van der Waals surface area contributed by atoms with Gasteiger partial charge in [-0.1, -0.05) is 29.8 Å². The smallest absolute Gasteiger partial charge is 0.270 e. The molecular formula is C19H24N2O2. The molecule has 3 rings (SSSR count). The Balaban J connectivity index is 1.83. The van der Waals surface area contributed by atoms with Crippen LogP contribution in [0.25, 0.3) is 0 Å². The third kappa shape index (κ3) is 3.32. The normalized spacial score (nSPS) is 21.4. The number of carbonyl (C=O) groups is 1. The van der Waals surface area contributed by atoms with Gasteiger partial charge in [-0.05, 0) is 43.9 Å². The van der Waals surface area contributed by atoms with E-state index in [9.17, 15) is 9.90 Å². The summed E-state index contributed by atoms with van der Waals surface area (Å²) in [5.74, 6) is 0.00774. The molecule has 0 unspecified atom stereocenters. The number of aromatic nitrogens is 1. The maximum atomic E-state index is 12.9. The fourth-order valence-electron chi connectivity index (χ4n) is 3.33. The van der Waals surface area contributed by atoms with E-state index in [-0.39, 0.29) is 11.9 Å². The highest BCUT2D eigenvalue weighted by Gasteiger charge is 2.34. The number of benzene rings is 1. The molecule has 0 spiro atoms. The van der Waals surface area contributed by atoms with Gasteiger partial charge in [0.2, 0.25) is 0 Å². The summed E-state index contributed by atoms with van der Waals surface area (Å²) in [6, 6.07) is 11.9. The summed E-state index contributed by atoms with van der Waals surface area (Å²) in [5.41, 5.74) is 3.05. The van der Waals surface area contributed by atoms with Crippen LogP contribution in [0.5, 0.6) is 0 Å². The van der Waals surface area contributed by atoms with Gasteiger partial charge >= 0.3 is 0 Å². The van der Waals surface area contributed by atoms with Gasteiger partial charge in [0.05, 0.1) is 12.1 Å². The molecular weight excluding hydrogens is 288 g/mol. The molecule has 0 aliphatic carbocycles. The third-order valence-electron chi connectivity index (χ3n) is 4.73. The van der Waals surface area contributed by atoms with Crippen LogP contribution in [-0.2, 0) is 13.5 Å². The first-order chi connectivity index (χ1) is 11.1. The summed E-state index contributed by atoms with van der Waals surface area (Å²) in [6.07, 6.45) is 3.71. The highest BCUT2D eigenvalue weighted by molar-refractivity contribution is 5.93. The topological polar surface area (TPSA) is 45.5 Å². The molecule has 2 aromatic rings. The molecule has 122 valence electrons. The average Bonchev–Trinajstić information content (AvgIpc) is 2.97. The van der Waals surface area contributed by atoms with Crippen molar-refractivity contribution < 1.29 is 9.90 Å². The van der Waals surface area contributed by atoms with Crippen LogP contribution in [0.15, 0.2) is 42.6 Å². The molecule has 1 aliphatic heterocycles. The van der Waals surface area contributed by atoms with E-state index in [4.69, 9.17) is 0 Å². The van der Waals surface area contributed by atoms with Crippen LogP contribution in [0.1, 0.15) is 34.5 Å². The molecule has 1 saturated heterocycles. The monoisotopic (exact) mass is 312 g/mol. The zero-order valence-electron chi connectivity index (χ0n) is 13.8. The second kappa shape index (κ2) is 6.59. The molecule has 1 aromatic heterocycles. The summed E-state index contributed by atoms with van der Waals surface area (Å²) in [7, 11) is 1.88. The first-order valence-corrected chi connectivity index (χ1v) is 8.22. The number of piperidine rings is 1. The number of rotatable bonds is 3. The van der Waals surface area contributed by atoms with Gasteiger partial charge in [0, 0.05) is 19.8 Å². The fourth-order valence-corrected chi connectivity index (χ4v) is 3.33. The van der Waals surface area contributed by atoms with Crippen molar-refractivity contribution in [1.82, 2.24) is 9.47 Å². The molecule has 0 radical (unpaired) electrons. The summed E-state index contributed by atoms with van der Waals surface area (Å²) >= 11 is 0. The highest BCUT2D eigenvalue weighted by Crippen LogP contribution is 2.23. The Bertz CT molecular complexity index is 675. The van der Waals surface area contributed by atoms with E-state index in [1.807, 2.05) is 34.8 Å². The highest BCUT2D eigenvalue weighted by atomic mass is 16.3. The third-order valence-corrected chi connectivity index (χ3v) is 4.73. The minimum Gasteiger partial charge on any atom is -0.391 e. The van der Waals surface area contributed by atoms with Crippen LogP contribution in [0.4, 0.5) is 0 Å². The largest absolute Gasteiger partial charge is 0.391 e. The van der Waals surface area contributed by atoms with Gasteiger partial charge in [0.25, 0.3) is 5.91 Å². The Kier molecular flexibility index (Phi) is 4.53. The molecule has 2 atom stereocenters. The number of hydrogen-bond acceptors (Lipinski definition) is 2. The molecule has 1 aliphatic rings. The van der Waals surface area contributed by atoms with E-state index in [0.29, 0.717) is 18.7 Å². The van der Waals surface area contributed by atoms with Crippen LogP contribution in [0, 0.1) is 6.92 Å². The standard InChI is InChI=1S/C19H24N2O2/c1-14-7-9-15(10-8-14)13-17-18(22)6-4-12-21(17)19(23)16-5-3-11-20(16)2/h3,5,7-11,17-18,22H,4,6,12-13H2,1-2H3/t17-,18-/m0/s1. The van der Waals surface area contributed by atoms with E-state index in [1.165, 1.54) is 5.56 Å². The molecule has 23 heavy (non-hydrogen) atoms. The molecule has 1 N–H and O–H groups in total. The van der Waals surface area contributed by atoms with Crippen molar-refractivity contribution in [3.8, 4) is 0 Å². The van der Waals surface area contributed by atoms with Crippen molar-refractivity contribution in [2.75, 3.05) is 6.54 Å². The summed E-state index contributed by atoms with van der Waals surface area (Å²) in [4.78, 5) is 14.7. The van der Waals surface area contributed by atoms with E-state index >= 15 is 0 Å². The van der Waals surface area contributed by atoms with Crippen molar-refractivity contribution in [1.29, 1.82) is 0 Å². The van der Waals surface area contributed by atoms with Crippen LogP contribution < -0.4 is 0 Å². The summed E-state index contributed by atoms with van der Waals surface area (Å²) in [5, 5.41) is 10.5. The zero-order valence-corrected chi connectivity index (χ0v) is 13.8. The molecule has 1 amide bonds. The molecule has 4 heteroatoms. The number of amides is 1. The molecule has 1 aromatic carbocycles. The first kappa shape index (κ1) is 15.8. The van der Waals surface area contributed by atoms with E-state index in [1.54, 1.807) is 0 Å². The lowest BCUT2D eigenvalue weighted by atomic mass is 9.92. The van der Waals surface area contributed by atoms with Crippen LogP contribution in [0.3, 0.4) is 0 Å². The second-order valence-corrected chi connectivity index (χ2v) is 6.47. The van der Waals surface area contributed by atoms with Crippen molar-refractivity contribution in [3.05, 3.63) is 59.4 Å². The lowest BCUT2D eigenvalue weighted by Gasteiger charge is -2.39. The SMILES string of the molecule is Cc1ccc(C[C@H]2[C@@H](O)CCCN2C(=O)c2cccn2C)cc1. The average molecular weight is 312 g/mol. The molecule has 0 bridgehead atoms. The number of carbonyl (C=O) groups excluding carboxylic acids is 1. The fraction of sp³-hybridized carbons (Fsp3) is 0.421. The molecule has 4 nitrogen and oxygen atoms in total. The number of nitrogens with zero attached hydrogens (tertiary/aromatic N) is 2.